The number of carbonyl (C=O) groups is 2. The zero-order valence-corrected chi connectivity index (χ0v) is 12.7. The Labute approximate surface area is 136 Å². The number of nitrogens with zero attached hydrogens (tertiary/aromatic N) is 2. The molecule has 0 aliphatic carbocycles. The van der Waals surface area contributed by atoms with E-state index in [0.717, 1.165) is 16.0 Å². The van der Waals surface area contributed by atoms with Crippen LogP contribution in [0, 0.1) is 17.0 Å². The molecule has 1 aromatic carbocycles. The quantitative estimate of drug-likeness (QED) is 0.402. The van der Waals surface area contributed by atoms with Crippen molar-refractivity contribution >= 4 is 23.9 Å². The Kier molecular flexibility index (Phi) is 3.87. The molecular weight excluding hydrogens is 314 g/mol. The maximum Gasteiger partial charge on any atom is 0.433 e. The van der Waals surface area contributed by atoms with Crippen LogP contribution in [0.5, 0.6) is 0 Å². The van der Waals surface area contributed by atoms with Gasteiger partial charge in [0, 0.05) is 6.08 Å². The van der Waals surface area contributed by atoms with Crippen molar-refractivity contribution in [1.29, 1.82) is 0 Å². The Hall–Kier alpha value is -3.42. The van der Waals surface area contributed by atoms with Gasteiger partial charge in [-0.3, -0.25) is 19.8 Å². The SMILES string of the molecule is Cc1cccc(CN2C(=O)N/C(=C/c3ccc([N+](=O)[O-])o3)C2=O)c1. The summed E-state index contributed by atoms with van der Waals surface area (Å²) in [6, 6.07) is 9.47. The lowest BCUT2D eigenvalue weighted by Gasteiger charge is -2.12. The third-order valence-electron chi connectivity index (χ3n) is 3.46. The summed E-state index contributed by atoms with van der Waals surface area (Å²) in [5, 5.41) is 13.0. The van der Waals surface area contributed by atoms with E-state index < -0.39 is 22.7 Å². The Morgan fingerprint density at radius 2 is 2.08 bits per heavy atom. The van der Waals surface area contributed by atoms with Crippen LogP contribution in [0.1, 0.15) is 16.9 Å². The van der Waals surface area contributed by atoms with Crippen LogP contribution in [-0.2, 0) is 11.3 Å². The van der Waals surface area contributed by atoms with E-state index in [1.165, 1.54) is 18.2 Å². The Morgan fingerprint density at radius 1 is 1.29 bits per heavy atom. The third-order valence-corrected chi connectivity index (χ3v) is 3.46. The van der Waals surface area contributed by atoms with Crippen molar-refractivity contribution in [3.05, 3.63) is 69.1 Å². The number of hydrogen-bond donors (Lipinski definition) is 1. The second kappa shape index (κ2) is 5.99. The molecule has 0 radical (unpaired) electrons. The number of carbonyl (C=O) groups excluding carboxylic acids is 2. The van der Waals surface area contributed by atoms with E-state index in [0.29, 0.717) is 0 Å². The fourth-order valence-corrected chi connectivity index (χ4v) is 2.37. The topological polar surface area (TPSA) is 106 Å². The number of furan rings is 1. The molecule has 122 valence electrons. The fourth-order valence-electron chi connectivity index (χ4n) is 2.37. The van der Waals surface area contributed by atoms with Gasteiger partial charge in [-0.2, -0.15) is 0 Å². The minimum atomic E-state index is -0.679. The molecule has 1 N–H and O–H groups in total. The molecule has 1 fully saturated rings. The van der Waals surface area contributed by atoms with E-state index in [-0.39, 0.29) is 18.0 Å². The average molecular weight is 327 g/mol. The fraction of sp³-hybridized carbons (Fsp3) is 0.125. The number of imide groups is 1. The first-order valence-electron chi connectivity index (χ1n) is 7.08. The molecule has 1 aromatic heterocycles. The van der Waals surface area contributed by atoms with Gasteiger partial charge in [0.25, 0.3) is 5.91 Å². The van der Waals surface area contributed by atoms with Crippen LogP contribution in [0.25, 0.3) is 6.08 Å². The Bertz CT molecular complexity index is 868. The van der Waals surface area contributed by atoms with Gasteiger partial charge >= 0.3 is 11.9 Å². The van der Waals surface area contributed by atoms with Crippen LogP contribution in [0.3, 0.4) is 0 Å². The summed E-state index contributed by atoms with van der Waals surface area (Å²) in [7, 11) is 0. The second-order valence-corrected chi connectivity index (χ2v) is 5.30. The monoisotopic (exact) mass is 327 g/mol. The van der Waals surface area contributed by atoms with Crippen molar-refractivity contribution in [3.8, 4) is 0 Å². The van der Waals surface area contributed by atoms with Crippen LogP contribution in [-0.4, -0.2) is 21.8 Å². The number of rotatable bonds is 4. The number of urea groups is 1. The number of amides is 3. The predicted octanol–water partition coefficient (Wildman–Crippen LogP) is 2.59. The van der Waals surface area contributed by atoms with Gasteiger partial charge in [-0.1, -0.05) is 29.8 Å². The van der Waals surface area contributed by atoms with Crippen molar-refractivity contribution < 1.29 is 18.9 Å². The van der Waals surface area contributed by atoms with Crippen LogP contribution >= 0.6 is 0 Å². The molecule has 8 heteroatoms. The summed E-state index contributed by atoms with van der Waals surface area (Å²) < 4.78 is 4.96. The summed E-state index contributed by atoms with van der Waals surface area (Å²) in [5.74, 6) is -0.835. The maximum absolute atomic E-state index is 12.3. The first kappa shape index (κ1) is 15.5. The van der Waals surface area contributed by atoms with Gasteiger partial charge in [0.2, 0.25) is 0 Å². The van der Waals surface area contributed by atoms with Crippen molar-refractivity contribution in [2.24, 2.45) is 0 Å². The standard InChI is InChI=1S/C16H13N3O5/c1-10-3-2-4-11(7-10)9-18-15(20)13(17-16(18)21)8-12-5-6-14(24-12)19(22)23/h2-8H,9H2,1H3,(H,17,21)/b13-8+. The molecule has 0 atom stereocenters. The number of aryl methyl sites for hydroxylation is 1. The largest absolute Gasteiger partial charge is 0.433 e. The summed E-state index contributed by atoms with van der Waals surface area (Å²) in [5.41, 5.74) is 1.86. The smallest absolute Gasteiger partial charge is 0.401 e. The molecule has 0 spiro atoms. The van der Waals surface area contributed by atoms with Gasteiger partial charge in [-0.25, -0.2) is 4.79 Å². The molecule has 24 heavy (non-hydrogen) atoms. The van der Waals surface area contributed by atoms with Gasteiger partial charge in [-0.05, 0) is 18.6 Å². The van der Waals surface area contributed by atoms with E-state index in [1.54, 1.807) is 0 Å². The zero-order valence-electron chi connectivity index (χ0n) is 12.7. The summed E-state index contributed by atoms with van der Waals surface area (Å²) in [6.07, 6.45) is 1.27. The molecular formula is C16H13N3O5. The Morgan fingerprint density at radius 3 is 2.75 bits per heavy atom. The van der Waals surface area contributed by atoms with Gasteiger partial charge in [-0.15, -0.1) is 0 Å². The van der Waals surface area contributed by atoms with Crippen LogP contribution in [0.4, 0.5) is 10.7 Å². The van der Waals surface area contributed by atoms with Crippen molar-refractivity contribution in [1.82, 2.24) is 10.2 Å². The van der Waals surface area contributed by atoms with Crippen molar-refractivity contribution in [2.45, 2.75) is 13.5 Å². The van der Waals surface area contributed by atoms with E-state index >= 15 is 0 Å². The highest BCUT2D eigenvalue weighted by molar-refractivity contribution is 6.13. The normalized spacial score (nSPS) is 15.9. The van der Waals surface area contributed by atoms with Crippen molar-refractivity contribution in [2.75, 3.05) is 0 Å². The highest BCUT2D eigenvalue weighted by atomic mass is 16.6. The van der Waals surface area contributed by atoms with Gasteiger partial charge in [0.15, 0.2) is 0 Å². The number of benzene rings is 1. The average Bonchev–Trinajstić information content (AvgIpc) is 3.09. The molecule has 0 bridgehead atoms. The lowest BCUT2D eigenvalue weighted by Crippen LogP contribution is -2.30. The lowest BCUT2D eigenvalue weighted by atomic mass is 10.1. The summed E-state index contributed by atoms with van der Waals surface area (Å²) in [6.45, 7) is 2.06. The molecule has 2 heterocycles. The lowest BCUT2D eigenvalue weighted by molar-refractivity contribution is -0.402. The second-order valence-electron chi connectivity index (χ2n) is 5.30. The van der Waals surface area contributed by atoms with E-state index in [9.17, 15) is 19.7 Å². The van der Waals surface area contributed by atoms with Gasteiger partial charge in [0.1, 0.15) is 16.4 Å². The van der Waals surface area contributed by atoms with E-state index in [2.05, 4.69) is 5.32 Å². The van der Waals surface area contributed by atoms with E-state index in [1.807, 2.05) is 31.2 Å². The number of nitro groups is 1. The number of hydrogen-bond acceptors (Lipinski definition) is 5. The molecule has 0 unspecified atom stereocenters. The Balaban J connectivity index is 1.80. The first-order chi connectivity index (χ1) is 11.4. The van der Waals surface area contributed by atoms with Crippen LogP contribution in [0.2, 0.25) is 0 Å². The van der Waals surface area contributed by atoms with E-state index in [4.69, 9.17) is 4.42 Å². The molecule has 1 saturated heterocycles. The highest BCUT2D eigenvalue weighted by Gasteiger charge is 2.33. The summed E-state index contributed by atoms with van der Waals surface area (Å²) in [4.78, 5) is 35.3. The summed E-state index contributed by atoms with van der Waals surface area (Å²) >= 11 is 0. The zero-order chi connectivity index (χ0) is 17.3. The molecule has 8 nitrogen and oxygen atoms in total. The minimum absolute atomic E-state index is 0.0110. The van der Waals surface area contributed by atoms with Crippen molar-refractivity contribution in [3.63, 3.8) is 0 Å². The maximum atomic E-state index is 12.3. The third kappa shape index (κ3) is 3.02. The molecule has 1 aliphatic rings. The molecule has 3 amide bonds. The predicted molar refractivity (Wildman–Crippen MR) is 83.6 cm³/mol. The highest BCUT2D eigenvalue weighted by Crippen LogP contribution is 2.21. The van der Waals surface area contributed by atoms with Crippen LogP contribution < -0.4 is 5.32 Å². The van der Waals surface area contributed by atoms with Crippen LogP contribution in [0.15, 0.2) is 46.5 Å². The number of nitrogens with one attached hydrogen (secondary N) is 1. The minimum Gasteiger partial charge on any atom is -0.401 e. The molecule has 2 aromatic rings. The first-order valence-corrected chi connectivity index (χ1v) is 7.08. The molecule has 3 rings (SSSR count). The van der Waals surface area contributed by atoms with Gasteiger partial charge < -0.3 is 9.73 Å². The molecule has 0 saturated carbocycles. The van der Waals surface area contributed by atoms with Gasteiger partial charge in [0.05, 0.1) is 12.6 Å². The molecule has 1 aliphatic heterocycles.